The van der Waals surface area contributed by atoms with Crippen LogP contribution in [0, 0.1) is 3.57 Å². The molecule has 0 N–H and O–H groups in total. The van der Waals surface area contributed by atoms with Crippen molar-refractivity contribution >= 4 is 44.4 Å². The Morgan fingerprint density at radius 2 is 2.27 bits per heavy atom. The molecule has 0 heterocycles. The maximum Gasteiger partial charge on any atom is 0.253 e. The number of hydrogen-bond acceptors (Lipinski definition) is 1. The molecule has 0 saturated heterocycles. The topological polar surface area (TPSA) is 20.3 Å². The van der Waals surface area contributed by atoms with Gasteiger partial charge in [-0.3, -0.25) is 4.79 Å². The Balaban J connectivity index is 2.67. The summed E-state index contributed by atoms with van der Waals surface area (Å²) in [6, 6.07) is 7.66. The maximum atomic E-state index is 11.9. The van der Waals surface area contributed by atoms with E-state index in [4.69, 9.17) is 0 Å². The van der Waals surface area contributed by atoms with Crippen LogP contribution in [0.5, 0.6) is 0 Å². The summed E-state index contributed by atoms with van der Waals surface area (Å²) in [7, 11) is 1.84. The Labute approximate surface area is 112 Å². The lowest BCUT2D eigenvalue weighted by Gasteiger charge is -2.16. The average Bonchev–Trinajstić information content (AvgIpc) is 2.24. The molecule has 1 aromatic rings. The molecule has 0 bridgehead atoms. The molecular formula is C11H13BrINO. The van der Waals surface area contributed by atoms with E-state index in [1.807, 2.05) is 31.3 Å². The van der Waals surface area contributed by atoms with Crippen molar-refractivity contribution in [1.29, 1.82) is 0 Å². The molecule has 0 fully saturated rings. The van der Waals surface area contributed by atoms with Gasteiger partial charge in [-0.05, 0) is 47.2 Å². The van der Waals surface area contributed by atoms with Crippen LogP contribution in [-0.4, -0.2) is 29.7 Å². The number of nitrogens with zero attached hydrogens (tertiary/aromatic N) is 1. The summed E-state index contributed by atoms with van der Waals surface area (Å²) in [5.41, 5.74) is 0.763. The van der Waals surface area contributed by atoms with E-state index in [9.17, 15) is 4.79 Å². The molecule has 0 radical (unpaired) electrons. The molecule has 0 atom stereocenters. The molecule has 0 unspecified atom stereocenters. The standard InChI is InChI=1S/C11H13BrINO/c1-14(7-3-6-12)11(15)9-4-2-5-10(13)8-9/h2,4-5,8H,3,6-7H2,1H3. The van der Waals surface area contributed by atoms with Crippen molar-refractivity contribution in [3.8, 4) is 0 Å². The van der Waals surface area contributed by atoms with E-state index >= 15 is 0 Å². The molecule has 4 heteroatoms. The summed E-state index contributed by atoms with van der Waals surface area (Å²) in [5, 5.41) is 0.928. The van der Waals surface area contributed by atoms with Crippen LogP contribution in [0.15, 0.2) is 24.3 Å². The van der Waals surface area contributed by atoms with Gasteiger partial charge in [-0.25, -0.2) is 0 Å². The number of carbonyl (C=O) groups excluding carboxylic acids is 1. The normalized spacial score (nSPS) is 10.1. The van der Waals surface area contributed by atoms with E-state index in [1.54, 1.807) is 4.90 Å². The quantitative estimate of drug-likeness (QED) is 0.579. The van der Waals surface area contributed by atoms with Crippen molar-refractivity contribution in [3.05, 3.63) is 33.4 Å². The first-order valence-corrected chi connectivity index (χ1v) is 6.92. The largest absolute Gasteiger partial charge is 0.342 e. The zero-order chi connectivity index (χ0) is 11.3. The van der Waals surface area contributed by atoms with Crippen LogP contribution in [-0.2, 0) is 0 Å². The van der Waals surface area contributed by atoms with Gasteiger partial charge in [-0.1, -0.05) is 22.0 Å². The predicted octanol–water partition coefficient (Wildman–Crippen LogP) is 3.15. The van der Waals surface area contributed by atoms with E-state index in [0.29, 0.717) is 0 Å². The van der Waals surface area contributed by atoms with Gasteiger partial charge in [0.15, 0.2) is 0 Å². The van der Waals surface area contributed by atoms with Gasteiger partial charge in [0, 0.05) is 28.1 Å². The SMILES string of the molecule is CN(CCCBr)C(=O)c1cccc(I)c1. The third-order valence-corrected chi connectivity index (χ3v) is 3.28. The first kappa shape index (κ1) is 13.0. The highest BCUT2D eigenvalue weighted by molar-refractivity contribution is 14.1. The van der Waals surface area contributed by atoms with E-state index in [1.165, 1.54) is 0 Å². The van der Waals surface area contributed by atoms with Gasteiger partial charge < -0.3 is 4.90 Å². The second-order valence-electron chi connectivity index (χ2n) is 3.28. The minimum atomic E-state index is 0.0921. The highest BCUT2D eigenvalue weighted by Crippen LogP contribution is 2.10. The van der Waals surface area contributed by atoms with Crippen molar-refractivity contribution in [2.24, 2.45) is 0 Å². The first-order chi connectivity index (χ1) is 7.15. The number of rotatable bonds is 4. The number of alkyl halides is 1. The third kappa shape index (κ3) is 4.10. The number of halogens is 2. The minimum absolute atomic E-state index is 0.0921. The van der Waals surface area contributed by atoms with Gasteiger partial charge in [0.2, 0.25) is 0 Å². The molecule has 82 valence electrons. The second-order valence-corrected chi connectivity index (χ2v) is 5.32. The van der Waals surface area contributed by atoms with Crippen molar-refractivity contribution in [1.82, 2.24) is 4.90 Å². The van der Waals surface area contributed by atoms with E-state index in [2.05, 4.69) is 38.5 Å². The van der Waals surface area contributed by atoms with Crippen LogP contribution < -0.4 is 0 Å². The Kier molecular flexibility index (Phi) is 5.60. The van der Waals surface area contributed by atoms with Crippen LogP contribution >= 0.6 is 38.5 Å². The lowest BCUT2D eigenvalue weighted by Crippen LogP contribution is -2.27. The van der Waals surface area contributed by atoms with Gasteiger partial charge in [0.1, 0.15) is 0 Å². The van der Waals surface area contributed by atoms with E-state index in [-0.39, 0.29) is 5.91 Å². The zero-order valence-corrected chi connectivity index (χ0v) is 12.3. The lowest BCUT2D eigenvalue weighted by atomic mass is 10.2. The molecular weight excluding hydrogens is 369 g/mol. The third-order valence-electron chi connectivity index (χ3n) is 2.05. The highest BCUT2D eigenvalue weighted by atomic mass is 127. The van der Waals surface area contributed by atoms with Gasteiger partial charge in [0.25, 0.3) is 5.91 Å². The Bertz CT molecular complexity index is 343. The number of hydrogen-bond donors (Lipinski definition) is 0. The van der Waals surface area contributed by atoms with Crippen molar-refractivity contribution in [2.45, 2.75) is 6.42 Å². The second kappa shape index (κ2) is 6.48. The van der Waals surface area contributed by atoms with Crippen LogP contribution in [0.4, 0.5) is 0 Å². The molecule has 0 spiro atoms. The molecule has 15 heavy (non-hydrogen) atoms. The lowest BCUT2D eigenvalue weighted by molar-refractivity contribution is 0.0795. The fraction of sp³-hybridized carbons (Fsp3) is 0.364. The fourth-order valence-corrected chi connectivity index (χ4v) is 2.03. The Morgan fingerprint density at radius 1 is 1.53 bits per heavy atom. The molecule has 2 nitrogen and oxygen atoms in total. The van der Waals surface area contributed by atoms with Crippen molar-refractivity contribution in [3.63, 3.8) is 0 Å². The van der Waals surface area contributed by atoms with Crippen LogP contribution in [0.3, 0.4) is 0 Å². The molecule has 0 aliphatic rings. The van der Waals surface area contributed by atoms with Crippen LogP contribution in [0.25, 0.3) is 0 Å². The summed E-state index contributed by atoms with van der Waals surface area (Å²) in [6.45, 7) is 0.787. The Morgan fingerprint density at radius 3 is 2.87 bits per heavy atom. The van der Waals surface area contributed by atoms with Crippen molar-refractivity contribution < 1.29 is 4.79 Å². The van der Waals surface area contributed by atoms with Crippen LogP contribution in [0.1, 0.15) is 16.8 Å². The monoisotopic (exact) mass is 381 g/mol. The molecule has 0 aromatic heterocycles. The summed E-state index contributed by atoms with van der Waals surface area (Å²) < 4.78 is 1.09. The fourth-order valence-electron chi connectivity index (χ4n) is 1.24. The van der Waals surface area contributed by atoms with E-state index in [0.717, 1.165) is 27.4 Å². The number of carbonyl (C=O) groups is 1. The maximum absolute atomic E-state index is 11.9. The Hall–Kier alpha value is -0.100. The predicted molar refractivity (Wildman–Crippen MR) is 74.5 cm³/mol. The zero-order valence-electron chi connectivity index (χ0n) is 8.54. The van der Waals surface area contributed by atoms with E-state index < -0.39 is 0 Å². The van der Waals surface area contributed by atoms with Gasteiger partial charge in [-0.2, -0.15) is 0 Å². The minimum Gasteiger partial charge on any atom is -0.342 e. The molecule has 1 aromatic carbocycles. The molecule has 0 saturated carbocycles. The number of benzene rings is 1. The van der Waals surface area contributed by atoms with Crippen LogP contribution in [0.2, 0.25) is 0 Å². The van der Waals surface area contributed by atoms with Gasteiger partial charge in [-0.15, -0.1) is 0 Å². The summed E-state index contributed by atoms with van der Waals surface area (Å²) >= 11 is 5.57. The average molecular weight is 382 g/mol. The molecule has 0 aliphatic carbocycles. The number of amides is 1. The summed E-state index contributed by atoms with van der Waals surface area (Å²) in [6.07, 6.45) is 0.978. The summed E-state index contributed by atoms with van der Waals surface area (Å²) in [4.78, 5) is 13.7. The molecule has 0 aliphatic heterocycles. The van der Waals surface area contributed by atoms with Gasteiger partial charge >= 0.3 is 0 Å². The first-order valence-electron chi connectivity index (χ1n) is 4.72. The smallest absolute Gasteiger partial charge is 0.253 e. The van der Waals surface area contributed by atoms with Crippen molar-refractivity contribution in [2.75, 3.05) is 18.9 Å². The summed E-state index contributed by atoms with van der Waals surface area (Å²) in [5.74, 6) is 0.0921. The molecule has 1 rings (SSSR count). The van der Waals surface area contributed by atoms with Gasteiger partial charge in [0.05, 0.1) is 0 Å². The highest BCUT2D eigenvalue weighted by Gasteiger charge is 2.10. The molecule has 1 amide bonds.